The van der Waals surface area contributed by atoms with Crippen LogP contribution in [0.15, 0.2) is 15.9 Å². The molecule has 1 heterocycles. The van der Waals surface area contributed by atoms with Crippen LogP contribution in [0, 0.1) is 5.92 Å². The fraction of sp³-hybridized carbons (Fsp3) is 0.500. The number of rotatable bonds is 4. The highest BCUT2D eigenvalue weighted by atomic mass is 79.9. The Kier molecular flexibility index (Phi) is 4.76. The highest BCUT2D eigenvalue weighted by Gasteiger charge is 2.28. The minimum atomic E-state index is -0.779. The lowest BCUT2D eigenvalue weighted by Crippen LogP contribution is -2.22. The summed E-state index contributed by atoms with van der Waals surface area (Å²) in [5.74, 6) is -0.852. The van der Waals surface area contributed by atoms with Crippen LogP contribution in [0.5, 0.6) is 0 Å². The predicted octanol–water partition coefficient (Wildman–Crippen LogP) is 2.74. The fourth-order valence-electron chi connectivity index (χ4n) is 1.35. The number of esters is 1. The van der Waals surface area contributed by atoms with E-state index in [2.05, 4.69) is 20.7 Å². The van der Waals surface area contributed by atoms with E-state index in [0.29, 0.717) is 6.42 Å². The summed E-state index contributed by atoms with van der Waals surface area (Å²) in [6.45, 7) is 1.85. The Bertz CT molecular complexity index is 337. The van der Waals surface area contributed by atoms with Gasteiger partial charge in [-0.2, -0.15) is 0 Å². The third kappa shape index (κ3) is 3.03. The summed E-state index contributed by atoms with van der Waals surface area (Å²) in [6.07, 6.45) is -0.220. The van der Waals surface area contributed by atoms with E-state index >= 15 is 0 Å². The summed E-state index contributed by atoms with van der Waals surface area (Å²) in [5, 5.41) is 11.9. The van der Waals surface area contributed by atoms with Crippen molar-refractivity contribution in [3.63, 3.8) is 0 Å². The van der Waals surface area contributed by atoms with Crippen LogP contribution in [0.2, 0.25) is 0 Å². The number of hydrogen-bond acceptors (Lipinski definition) is 4. The quantitative estimate of drug-likeness (QED) is 0.868. The van der Waals surface area contributed by atoms with Crippen molar-refractivity contribution in [3.8, 4) is 0 Å². The molecule has 1 aromatic rings. The third-order valence-electron chi connectivity index (χ3n) is 2.20. The van der Waals surface area contributed by atoms with Crippen LogP contribution < -0.4 is 0 Å². The van der Waals surface area contributed by atoms with Gasteiger partial charge in [0.15, 0.2) is 0 Å². The van der Waals surface area contributed by atoms with Gasteiger partial charge in [-0.05, 0) is 28.4 Å². The summed E-state index contributed by atoms with van der Waals surface area (Å²) in [7, 11) is 1.34. The first-order valence-corrected chi connectivity index (χ1v) is 6.27. The molecule has 5 heteroatoms. The molecule has 1 rings (SSSR count). The van der Waals surface area contributed by atoms with E-state index in [1.807, 2.05) is 18.4 Å². The molecule has 0 bridgehead atoms. The van der Waals surface area contributed by atoms with Gasteiger partial charge in [0.05, 0.1) is 13.0 Å². The monoisotopic (exact) mass is 292 g/mol. The standard InChI is InChI=1S/C10H13BrO3S/c1-3-7(10(13)14-2)9(12)8-4-6(11)5-15-8/h4-5,7,9,12H,3H2,1-2H3. The molecule has 15 heavy (non-hydrogen) atoms. The second-order valence-corrected chi connectivity index (χ2v) is 5.01. The first-order valence-electron chi connectivity index (χ1n) is 4.60. The van der Waals surface area contributed by atoms with Crippen molar-refractivity contribution in [2.75, 3.05) is 7.11 Å². The molecule has 1 aromatic heterocycles. The molecule has 2 unspecified atom stereocenters. The molecule has 0 saturated heterocycles. The summed E-state index contributed by atoms with van der Waals surface area (Å²) < 4.78 is 5.56. The Hall–Kier alpha value is -0.390. The van der Waals surface area contributed by atoms with Crippen molar-refractivity contribution in [1.29, 1.82) is 0 Å². The number of aliphatic hydroxyl groups excluding tert-OH is 1. The molecule has 0 fully saturated rings. The van der Waals surface area contributed by atoms with Gasteiger partial charge in [0.2, 0.25) is 0 Å². The number of hydrogen-bond donors (Lipinski definition) is 1. The van der Waals surface area contributed by atoms with Gasteiger partial charge in [-0.3, -0.25) is 4.79 Å². The topological polar surface area (TPSA) is 46.5 Å². The second-order valence-electron chi connectivity index (χ2n) is 3.15. The van der Waals surface area contributed by atoms with E-state index in [1.54, 1.807) is 0 Å². The maximum absolute atomic E-state index is 11.4. The molecule has 3 nitrogen and oxygen atoms in total. The SMILES string of the molecule is CCC(C(=O)OC)C(O)c1cc(Br)cs1. The first-order chi connectivity index (χ1) is 7.10. The zero-order chi connectivity index (χ0) is 11.4. The van der Waals surface area contributed by atoms with Crippen LogP contribution in [0.1, 0.15) is 24.3 Å². The summed E-state index contributed by atoms with van der Waals surface area (Å²) in [4.78, 5) is 12.2. The van der Waals surface area contributed by atoms with E-state index in [1.165, 1.54) is 18.4 Å². The van der Waals surface area contributed by atoms with Crippen molar-refractivity contribution in [3.05, 3.63) is 20.8 Å². The Morgan fingerprint density at radius 1 is 1.73 bits per heavy atom. The maximum atomic E-state index is 11.4. The van der Waals surface area contributed by atoms with Crippen molar-refractivity contribution < 1.29 is 14.6 Å². The molecule has 0 radical (unpaired) electrons. The number of ether oxygens (including phenoxy) is 1. The van der Waals surface area contributed by atoms with Crippen LogP contribution in [0.4, 0.5) is 0 Å². The smallest absolute Gasteiger partial charge is 0.311 e. The van der Waals surface area contributed by atoms with Crippen LogP contribution >= 0.6 is 27.3 Å². The molecule has 0 aromatic carbocycles. The fourth-order valence-corrected chi connectivity index (χ4v) is 2.85. The van der Waals surface area contributed by atoms with E-state index in [4.69, 9.17) is 0 Å². The van der Waals surface area contributed by atoms with Crippen LogP contribution in [0.3, 0.4) is 0 Å². The van der Waals surface area contributed by atoms with Crippen molar-refractivity contribution in [1.82, 2.24) is 0 Å². The van der Waals surface area contributed by atoms with Crippen molar-refractivity contribution >= 4 is 33.2 Å². The van der Waals surface area contributed by atoms with E-state index in [-0.39, 0.29) is 5.97 Å². The molecule has 1 N–H and O–H groups in total. The molecular formula is C10H13BrO3S. The normalized spacial score (nSPS) is 14.7. The summed E-state index contributed by atoms with van der Waals surface area (Å²) in [5.41, 5.74) is 0. The molecule has 0 aliphatic rings. The molecule has 0 saturated carbocycles. The average Bonchev–Trinajstić information content (AvgIpc) is 2.65. The number of thiophene rings is 1. The lowest BCUT2D eigenvalue weighted by Gasteiger charge is -2.17. The molecule has 0 amide bonds. The zero-order valence-electron chi connectivity index (χ0n) is 8.57. The van der Waals surface area contributed by atoms with E-state index in [0.717, 1.165) is 9.35 Å². The molecule has 2 atom stereocenters. The predicted molar refractivity (Wildman–Crippen MR) is 62.8 cm³/mol. The Labute approximate surface area is 101 Å². The van der Waals surface area contributed by atoms with Gasteiger partial charge in [-0.15, -0.1) is 11.3 Å². The minimum Gasteiger partial charge on any atom is -0.469 e. The molecule has 0 spiro atoms. The number of carbonyl (C=O) groups is 1. The third-order valence-corrected chi connectivity index (χ3v) is 3.97. The average molecular weight is 293 g/mol. The van der Waals surface area contributed by atoms with Gasteiger partial charge in [0.1, 0.15) is 6.10 Å². The van der Waals surface area contributed by atoms with Gasteiger partial charge in [0.25, 0.3) is 0 Å². The largest absolute Gasteiger partial charge is 0.469 e. The van der Waals surface area contributed by atoms with E-state index < -0.39 is 12.0 Å². The second kappa shape index (κ2) is 5.63. The summed E-state index contributed by atoms with van der Waals surface area (Å²) in [6, 6.07) is 1.82. The van der Waals surface area contributed by atoms with Crippen molar-refractivity contribution in [2.24, 2.45) is 5.92 Å². The van der Waals surface area contributed by atoms with Gasteiger partial charge in [-0.1, -0.05) is 6.92 Å². The molecule has 0 aliphatic heterocycles. The molecule has 0 aliphatic carbocycles. The van der Waals surface area contributed by atoms with E-state index in [9.17, 15) is 9.90 Å². The van der Waals surface area contributed by atoms with Crippen LogP contribution in [0.25, 0.3) is 0 Å². The van der Waals surface area contributed by atoms with Crippen LogP contribution in [-0.2, 0) is 9.53 Å². The molecular weight excluding hydrogens is 280 g/mol. The number of halogens is 1. The highest BCUT2D eigenvalue weighted by molar-refractivity contribution is 9.10. The molecule has 84 valence electrons. The van der Waals surface area contributed by atoms with Gasteiger partial charge >= 0.3 is 5.97 Å². The highest BCUT2D eigenvalue weighted by Crippen LogP contribution is 2.32. The Morgan fingerprint density at radius 2 is 2.40 bits per heavy atom. The summed E-state index contributed by atoms with van der Waals surface area (Å²) >= 11 is 4.73. The van der Waals surface area contributed by atoms with Gasteiger partial charge in [-0.25, -0.2) is 0 Å². The number of carbonyl (C=O) groups excluding carboxylic acids is 1. The lowest BCUT2D eigenvalue weighted by atomic mass is 9.98. The van der Waals surface area contributed by atoms with Crippen LogP contribution in [-0.4, -0.2) is 18.2 Å². The van der Waals surface area contributed by atoms with Gasteiger partial charge < -0.3 is 9.84 Å². The lowest BCUT2D eigenvalue weighted by molar-refractivity contribution is -0.149. The first kappa shape index (κ1) is 12.7. The number of aliphatic hydroxyl groups is 1. The Balaban J connectivity index is 2.81. The maximum Gasteiger partial charge on any atom is 0.311 e. The zero-order valence-corrected chi connectivity index (χ0v) is 11.0. The number of methoxy groups -OCH3 is 1. The minimum absolute atomic E-state index is 0.366. The van der Waals surface area contributed by atoms with Crippen molar-refractivity contribution in [2.45, 2.75) is 19.4 Å². The van der Waals surface area contributed by atoms with Gasteiger partial charge in [0, 0.05) is 14.7 Å². The Morgan fingerprint density at radius 3 is 2.80 bits per heavy atom.